The first kappa shape index (κ1) is 19.2. The van der Waals surface area contributed by atoms with Crippen molar-refractivity contribution in [2.45, 2.75) is 84.5 Å². The quantitative estimate of drug-likeness (QED) is 0.443. The van der Waals surface area contributed by atoms with E-state index in [1.54, 1.807) is 0 Å². The summed E-state index contributed by atoms with van der Waals surface area (Å²) < 4.78 is 0. The van der Waals surface area contributed by atoms with Gasteiger partial charge in [0.2, 0.25) is 0 Å². The van der Waals surface area contributed by atoms with Crippen molar-refractivity contribution in [3.63, 3.8) is 0 Å². The van der Waals surface area contributed by atoms with Gasteiger partial charge in [0.25, 0.3) is 0 Å². The van der Waals surface area contributed by atoms with Crippen LogP contribution in [0.2, 0.25) is 0 Å². The molecule has 1 atom stereocenters. The zero-order valence-electron chi connectivity index (χ0n) is 13.3. The second-order valence-electron chi connectivity index (χ2n) is 6.22. The van der Waals surface area contributed by atoms with Gasteiger partial charge in [-0.25, -0.2) is 0 Å². The number of likely N-dealkylation sites (tertiary alicyclic amines) is 1. The third-order valence-electron chi connectivity index (χ3n) is 4.39. The lowest BCUT2D eigenvalue weighted by Gasteiger charge is -2.15. The maximum absolute atomic E-state index is 2.71. The molecule has 1 heterocycles. The van der Waals surface area contributed by atoms with E-state index in [0.717, 1.165) is 5.92 Å². The maximum Gasteiger partial charge on any atom is 0.00101 e. The molecule has 0 N–H and O–H groups in total. The Kier molecular flexibility index (Phi) is 13.4. The normalized spacial score (nSPS) is 19.6. The highest BCUT2D eigenvalue weighted by molar-refractivity contribution is 5.85. The third kappa shape index (κ3) is 9.73. The van der Waals surface area contributed by atoms with E-state index in [-0.39, 0.29) is 12.4 Å². The molecule has 19 heavy (non-hydrogen) atoms. The molecule has 0 amide bonds. The maximum atomic E-state index is 2.71. The van der Waals surface area contributed by atoms with E-state index in [1.165, 1.54) is 90.3 Å². The first-order valence-corrected chi connectivity index (χ1v) is 8.59. The molecule has 0 radical (unpaired) electrons. The van der Waals surface area contributed by atoms with Gasteiger partial charge in [-0.05, 0) is 38.3 Å². The molecule has 0 aliphatic carbocycles. The number of rotatable bonds is 11. The van der Waals surface area contributed by atoms with Crippen LogP contribution < -0.4 is 0 Å². The lowest BCUT2D eigenvalue weighted by molar-refractivity contribution is 0.311. The van der Waals surface area contributed by atoms with Gasteiger partial charge in [-0.2, -0.15) is 0 Å². The van der Waals surface area contributed by atoms with E-state index in [4.69, 9.17) is 0 Å². The summed E-state index contributed by atoms with van der Waals surface area (Å²) >= 11 is 0. The standard InChI is InChI=1S/C17H35N.ClH/c1-3-5-6-7-8-9-10-11-14-18-15-13-17(16-18)12-4-2;/h17H,3-16H2,1-2H3;1H. The van der Waals surface area contributed by atoms with Crippen molar-refractivity contribution in [2.75, 3.05) is 19.6 Å². The Morgan fingerprint density at radius 3 is 2.11 bits per heavy atom. The molecule has 1 aliphatic heterocycles. The van der Waals surface area contributed by atoms with Crippen molar-refractivity contribution in [1.29, 1.82) is 0 Å². The zero-order valence-corrected chi connectivity index (χ0v) is 14.1. The predicted octanol–water partition coefficient (Wildman–Crippen LogP) is 5.67. The molecular formula is C17H36ClN. The van der Waals surface area contributed by atoms with Gasteiger partial charge in [0.1, 0.15) is 0 Å². The minimum Gasteiger partial charge on any atom is -0.303 e. The van der Waals surface area contributed by atoms with Gasteiger partial charge in [-0.3, -0.25) is 0 Å². The van der Waals surface area contributed by atoms with Crippen LogP contribution in [0.4, 0.5) is 0 Å². The molecule has 1 unspecified atom stereocenters. The van der Waals surface area contributed by atoms with Crippen LogP contribution in [0.25, 0.3) is 0 Å². The molecule has 1 saturated heterocycles. The number of halogens is 1. The number of hydrogen-bond acceptors (Lipinski definition) is 1. The second-order valence-corrected chi connectivity index (χ2v) is 6.22. The molecule has 0 aromatic heterocycles. The second kappa shape index (κ2) is 13.2. The van der Waals surface area contributed by atoms with E-state index in [9.17, 15) is 0 Å². The molecule has 0 aromatic carbocycles. The van der Waals surface area contributed by atoms with Crippen molar-refractivity contribution < 1.29 is 0 Å². The van der Waals surface area contributed by atoms with Gasteiger partial charge in [0.05, 0.1) is 0 Å². The average molecular weight is 290 g/mol. The highest BCUT2D eigenvalue weighted by Crippen LogP contribution is 2.21. The molecular weight excluding hydrogens is 254 g/mol. The Labute approximate surface area is 127 Å². The number of unbranched alkanes of at least 4 members (excludes halogenated alkanes) is 7. The molecule has 1 aliphatic rings. The van der Waals surface area contributed by atoms with Crippen LogP contribution in [0.3, 0.4) is 0 Å². The predicted molar refractivity (Wildman–Crippen MR) is 89.3 cm³/mol. The average Bonchev–Trinajstić information content (AvgIpc) is 2.81. The van der Waals surface area contributed by atoms with Gasteiger partial charge >= 0.3 is 0 Å². The topological polar surface area (TPSA) is 3.24 Å². The van der Waals surface area contributed by atoms with Crippen LogP contribution in [0, 0.1) is 5.92 Å². The molecule has 1 rings (SSSR count). The fourth-order valence-electron chi connectivity index (χ4n) is 3.23. The van der Waals surface area contributed by atoms with Crippen LogP contribution in [0.15, 0.2) is 0 Å². The monoisotopic (exact) mass is 289 g/mol. The summed E-state index contributed by atoms with van der Waals surface area (Å²) in [5, 5.41) is 0. The Bertz CT molecular complexity index is 184. The molecule has 1 fully saturated rings. The van der Waals surface area contributed by atoms with Gasteiger partial charge < -0.3 is 4.90 Å². The van der Waals surface area contributed by atoms with Gasteiger partial charge in [-0.15, -0.1) is 12.4 Å². The minimum absolute atomic E-state index is 0. The number of hydrogen-bond donors (Lipinski definition) is 0. The summed E-state index contributed by atoms with van der Waals surface area (Å²) in [4.78, 5) is 2.71. The van der Waals surface area contributed by atoms with Gasteiger partial charge in [0.15, 0.2) is 0 Å². The summed E-state index contributed by atoms with van der Waals surface area (Å²) in [6, 6.07) is 0. The van der Waals surface area contributed by atoms with Crippen LogP contribution in [-0.4, -0.2) is 24.5 Å². The molecule has 2 heteroatoms. The van der Waals surface area contributed by atoms with Crippen LogP contribution in [0.1, 0.15) is 84.5 Å². The summed E-state index contributed by atoms with van der Waals surface area (Å²) in [5.74, 6) is 1.02. The zero-order chi connectivity index (χ0) is 13.1. The van der Waals surface area contributed by atoms with E-state index in [2.05, 4.69) is 18.7 Å². The van der Waals surface area contributed by atoms with Crippen molar-refractivity contribution in [1.82, 2.24) is 4.90 Å². The molecule has 0 saturated carbocycles. The van der Waals surface area contributed by atoms with E-state index in [0.29, 0.717) is 0 Å². The lowest BCUT2D eigenvalue weighted by atomic mass is 10.0. The fraction of sp³-hybridized carbons (Fsp3) is 1.00. The highest BCUT2D eigenvalue weighted by Gasteiger charge is 2.20. The molecule has 1 nitrogen and oxygen atoms in total. The smallest absolute Gasteiger partial charge is 0.00101 e. The lowest BCUT2D eigenvalue weighted by Crippen LogP contribution is -2.21. The SMILES string of the molecule is CCCCCCCCCCN1CCC(CCC)C1.Cl. The van der Waals surface area contributed by atoms with Gasteiger partial charge in [0, 0.05) is 6.54 Å². The fourth-order valence-corrected chi connectivity index (χ4v) is 3.23. The summed E-state index contributed by atoms with van der Waals surface area (Å²) in [5.41, 5.74) is 0. The molecule has 0 bridgehead atoms. The van der Waals surface area contributed by atoms with E-state index < -0.39 is 0 Å². The van der Waals surface area contributed by atoms with Gasteiger partial charge in [-0.1, -0.05) is 65.2 Å². The summed E-state index contributed by atoms with van der Waals surface area (Å²) in [6.45, 7) is 8.75. The first-order chi connectivity index (χ1) is 8.86. The molecule has 116 valence electrons. The van der Waals surface area contributed by atoms with Crippen LogP contribution in [0.5, 0.6) is 0 Å². The Balaban J connectivity index is 0.00000324. The van der Waals surface area contributed by atoms with Crippen molar-refractivity contribution in [2.24, 2.45) is 5.92 Å². The van der Waals surface area contributed by atoms with Crippen molar-refractivity contribution >= 4 is 12.4 Å². The molecule has 0 aromatic rings. The molecule has 0 spiro atoms. The Hall–Kier alpha value is 0.250. The summed E-state index contributed by atoms with van der Waals surface area (Å²) in [6.07, 6.45) is 15.9. The van der Waals surface area contributed by atoms with Crippen molar-refractivity contribution in [3.8, 4) is 0 Å². The summed E-state index contributed by atoms with van der Waals surface area (Å²) in [7, 11) is 0. The van der Waals surface area contributed by atoms with Crippen molar-refractivity contribution in [3.05, 3.63) is 0 Å². The third-order valence-corrected chi connectivity index (χ3v) is 4.39. The highest BCUT2D eigenvalue weighted by atomic mass is 35.5. The minimum atomic E-state index is 0. The van der Waals surface area contributed by atoms with Crippen LogP contribution >= 0.6 is 12.4 Å². The van der Waals surface area contributed by atoms with E-state index in [1.807, 2.05) is 0 Å². The largest absolute Gasteiger partial charge is 0.303 e. The number of nitrogens with zero attached hydrogens (tertiary/aromatic N) is 1. The van der Waals surface area contributed by atoms with E-state index >= 15 is 0 Å². The first-order valence-electron chi connectivity index (χ1n) is 8.59. The Morgan fingerprint density at radius 1 is 0.842 bits per heavy atom. The van der Waals surface area contributed by atoms with Crippen LogP contribution in [-0.2, 0) is 0 Å². The Morgan fingerprint density at radius 2 is 1.47 bits per heavy atom.